The molecule has 1 aromatic heterocycles. The molecule has 166 valence electrons. The number of hydrogen-bond acceptors (Lipinski definition) is 3. The lowest BCUT2D eigenvalue weighted by atomic mass is 10.0. The number of fused-ring (bicyclic) bond motifs is 1. The van der Waals surface area contributed by atoms with E-state index in [4.69, 9.17) is 21.3 Å². The van der Waals surface area contributed by atoms with Gasteiger partial charge in [-0.05, 0) is 91.7 Å². The van der Waals surface area contributed by atoms with E-state index < -0.39 is 0 Å². The predicted molar refractivity (Wildman–Crippen MR) is 138 cm³/mol. The summed E-state index contributed by atoms with van der Waals surface area (Å²) < 4.78 is 5.90. The summed E-state index contributed by atoms with van der Waals surface area (Å²) in [6.45, 7) is 4.83. The summed E-state index contributed by atoms with van der Waals surface area (Å²) in [5.74, 6) is 7.24. The minimum atomic E-state index is 0.664. The van der Waals surface area contributed by atoms with Crippen LogP contribution in [0.4, 0.5) is 0 Å². The van der Waals surface area contributed by atoms with Crippen molar-refractivity contribution in [1.29, 1.82) is 0 Å². The number of rotatable bonds is 7. The van der Waals surface area contributed by atoms with Crippen LogP contribution < -0.4 is 4.74 Å². The summed E-state index contributed by atoms with van der Waals surface area (Å²) in [7, 11) is 2.11. The number of benzene rings is 3. The third-order valence-electron chi connectivity index (χ3n) is 5.38. The molecule has 0 atom stereocenters. The molecule has 0 unspecified atom stereocenters. The van der Waals surface area contributed by atoms with Crippen molar-refractivity contribution in [1.82, 2.24) is 9.88 Å². The van der Waals surface area contributed by atoms with Crippen molar-refractivity contribution in [2.24, 2.45) is 0 Å². The SMILES string of the molecule is CCCN(C)CCOc1cccc(C#Cc2ccc3cc(-c4ccc(Cl)cc4)ccc3n2)c1. The zero-order valence-electron chi connectivity index (χ0n) is 19.0. The van der Waals surface area contributed by atoms with E-state index in [0.717, 1.165) is 63.6 Å². The number of nitrogens with zero attached hydrogens (tertiary/aromatic N) is 2. The van der Waals surface area contributed by atoms with Gasteiger partial charge in [0.25, 0.3) is 0 Å². The highest BCUT2D eigenvalue weighted by Gasteiger charge is 2.02. The van der Waals surface area contributed by atoms with Gasteiger partial charge in [0.2, 0.25) is 0 Å². The van der Waals surface area contributed by atoms with Crippen molar-refractivity contribution >= 4 is 22.5 Å². The molecule has 3 aromatic carbocycles. The molecule has 4 rings (SSSR count). The van der Waals surface area contributed by atoms with Crippen LogP contribution in [0.1, 0.15) is 24.6 Å². The molecule has 0 aliphatic rings. The Morgan fingerprint density at radius 2 is 1.70 bits per heavy atom. The molecule has 0 aliphatic carbocycles. The first-order valence-electron chi connectivity index (χ1n) is 11.2. The maximum atomic E-state index is 6.01. The zero-order chi connectivity index (χ0) is 23.0. The van der Waals surface area contributed by atoms with Gasteiger partial charge >= 0.3 is 0 Å². The Hall–Kier alpha value is -3.32. The smallest absolute Gasteiger partial charge is 0.120 e. The molecule has 0 radical (unpaired) electrons. The van der Waals surface area contributed by atoms with Crippen LogP contribution in [0.3, 0.4) is 0 Å². The third kappa shape index (κ3) is 6.35. The molecule has 0 amide bonds. The first-order valence-corrected chi connectivity index (χ1v) is 11.6. The van der Waals surface area contributed by atoms with Gasteiger partial charge in [-0.2, -0.15) is 0 Å². The summed E-state index contributed by atoms with van der Waals surface area (Å²) in [5.41, 5.74) is 4.85. The van der Waals surface area contributed by atoms with Crippen LogP contribution in [0.15, 0.2) is 78.9 Å². The Morgan fingerprint density at radius 1 is 0.879 bits per heavy atom. The van der Waals surface area contributed by atoms with E-state index in [2.05, 4.69) is 48.9 Å². The predicted octanol–water partition coefficient (Wildman–Crippen LogP) is 6.68. The summed E-state index contributed by atoms with van der Waals surface area (Å²) in [6, 6.07) is 26.1. The first kappa shape index (κ1) is 22.9. The van der Waals surface area contributed by atoms with Crippen LogP contribution in [0, 0.1) is 11.8 Å². The third-order valence-corrected chi connectivity index (χ3v) is 5.63. The molecule has 33 heavy (non-hydrogen) atoms. The van der Waals surface area contributed by atoms with Crippen molar-refractivity contribution in [3.05, 3.63) is 95.1 Å². The topological polar surface area (TPSA) is 25.4 Å². The average Bonchev–Trinajstić information content (AvgIpc) is 2.83. The molecule has 4 heteroatoms. The van der Waals surface area contributed by atoms with Gasteiger partial charge in [-0.25, -0.2) is 4.98 Å². The van der Waals surface area contributed by atoms with Crippen molar-refractivity contribution in [3.8, 4) is 28.7 Å². The van der Waals surface area contributed by atoms with Crippen LogP contribution in [-0.4, -0.2) is 36.6 Å². The fourth-order valence-electron chi connectivity index (χ4n) is 3.63. The normalized spacial score (nSPS) is 10.8. The van der Waals surface area contributed by atoms with Gasteiger partial charge in [0.1, 0.15) is 18.1 Å². The molecule has 0 fully saturated rings. The highest BCUT2D eigenvalue weighted by atomic mass is 35.5. The Balaban J connectivity index is 1.46. The highest BCUT2D eigenvalue weighted by Crippen LogP contribution is 2.25. The van der Waals surface area contributed by atoms with E-state index in [0.29, 0.717) is 6.61 Å². The molecule has 0 saturated heterocycles. The van der Waals surface area contributed by atoms with Gasteiger partial charge in [-0.1, -0.05) is 48.7 Å². The second kappa shape index (κ2) is 11.0. The molecule has 1 heterocycles. The van der Waals surface area contributed by atoms with Gasteiger partial charge in [-0.3, -0.25) is 0 Å². The molecule has 0 saturated carbocycles. The van der Waals surface area contributed by atoms with Crippen LogP contribution in [0.2, 0.25) is 5.02 Å². The number of pyridine rings is 1. The first-order chi connectivity index (χ1) is 16.1. The molecule has 0 bridgehead atoms. The van der Waals surface area contributed by atoms with Crippen molar-refractivity contribution in [2.75, 3.05) is 26.7 Å². The average molecular weight is 455 g/mol. The summed E-state index contributed by atoms with van der Waals surface area (Å²) in [6.07, 6.45) is 1.15. The van der Waals surface area contributed by atoms with E-state index >= 15 is 0 Å². The molecule has 0 N–H and O–H groups in total. The Kier molecular flexibility index (Phi) is 7.62. The number of likely N-dealkylation sites (N-methyl/N-ethyl adjacent to an activating group) is 1. The second-order valence-corrected chi connectivity index (χ2v) is 8.48. The molecule has 4 aromatic rings. The van der Waals surface area contributed by atoms with Gasteiger partial charge in [-0.15, -0.1) is 0 Å². The minimum Gasteiger partial charge on any atom is -0.492 e. The lowest BCUT2D eigenvalue weighted by molar-refractivity contribution is 0.237. The number of ether oxygens (including phenoxy) is 1. The van der Waals surface area contributed by atoms with E-state index in [1.165, 1.54) is 0 Å². The van der Waals surface area contributed by atoms with E-state index in [1.54, 1.807) is 0 Å². The Labute approximate surface area is 201 Å². The van der Waals surface area contributed by atoms with Gasteiger partial charge in [0.05, 0.1) is 5.52 Å². The second-order valence-electron chi connectivity index (χ2n) is 8.04. The van der Waals surface area contributed by atoms with Crippen molar-refractivity contribution in [3.63, 3.8) is 0 Å². The van der Waals surface area contributed by atoms with E-state index in [9.17, 15) is 0 Å². The largest absolute Gasteiger partial charge is 0.492 e. The van der Waals surface area contributed by atoms with Gasteiger partial charge in [0.15, 0.2) is 0 Å². The van der Waals surface area contributed by atoms with Crippen LogP contribution in [-0.2, 0) is 0 Å². The fourth-order valence-corrected chi connectivity index (χ4v) is 3.76. The lowest BCUT2D eigenvalue weighted by Gasteiger charge is -2.15. The quantitative estimate of drug-likeness (QED) is 0.291. The van der Waals surface area contributed by atoms with Crippen LogP contribution in [0.25, 0.3) is 22.0 Å². The zero-order valence-corrected chi connectivity index (χ0v) is 19.8. The molecule has 0 aliphatic heterocycles. The van der Waals surface area contributed by atoms with E-state index in [1.807, 2.05) is 60.7 Å². The van der Waals surface area contributed by atoms with Crippen molar-refractivity contribution in [2.45, 2.75) is 13.3 Å². The van der Waals surface area contributed by atoms with Gasteiger partial charge < -0.3 is 9.64 Å². The maximum absolute atomic E-state index is 6.01. The van der Waals surface area contributed by atoms with Crippen LogP contribution in [0.5, 0.6) is 5.75 Å². The number of aromatic nitrogens is 1. The highest BCUT2D eigenvalue weighted by molar-refractivity contribution is 6.30. The van der Waals surface area contributed by atoms with E-state index in [-0.39, 0.29) is 0 Å². The summed E-state index contributed by atoms with van der Waals surface area (Å²) in [5, 5.41) is 1.82. The number of hydrogen-bond donors (Lipinski definition) is 0. The monoisotopic (exact) mass is 454 g/mol. The molecule has 3 nitrogen and oxygen atoms in total. The van der Waals surface area contributed by atoms with Gasteiger partial charge in [0, 0.05) is 22.5 Å². The number of halogens is 1. The molecular formula is C29H27ClN2O. The standard InChI is InChI=1S/C29H27ClN2O/c1-3-17-32(2)18-19-33-28-6-4-5-22(20-28)7-14-27-15-10-25-21-24(11-16-29(25)31-27)23-8-12-26(30)13-9-23/h4-6,8-13,15-16,20-21H,3,17-19H2,1-2H3. The summed E-state index contributed by atoms with van der Waals surface area (Å²) in [4.78, 5) is 6.99. The Morgan fingerprint density at radius 3 is 2.52 bits per heavy atom. The molecular weight excluding hydrogens is 428 g/mol. The minimum absolute atomic E-state index is 0.664. The van der Waals surface area contributed by atoms with Crippen molar-refractivity contribution < 1.29 is 4.74 Å². The summed E-state index contributed by atoms with van der Waals surface area (Å²) >= 11 is 6.01. The molecule has 0 spiro atoms. The lowest BCUT2D eigenvalue weighted by Crippen LogP contribution is -2.24. The maximum Gasteiger partial charge on any atom is 0.120 e. The fraction of sp³-hybridized carbons (Fsp3) is 0.207. The Bertz CT molecular complexity index is 1290. The van der Waals surface area contributed by atoms with Crippen LogP contribution >= 0.6 is 11.6 Å².